The molecule has 3 saturated carbocycles. The summed E-state index contributed by atoms with van der Waals surface area (Å²) in [5.41, 5.74) is 0.875. The maximum atomic E-state index is 14.1. The van der Waals surface area contributed by atoms with Crippen molar-refractivity contribution in [3.8, 4) is 11.9 Å². The molecule has 1 aliphatic heterocycles. The Hall–Kier alpha value is -3.34. The van der Waals surface area contributed by atoms with Gasteiger partial charge >= 0.3 is 0 Å². The summed E-state index contributed by atoms with van der Waals surface area (Å²) in [5.74, 6) is 0.0297. The van der Waals surface area contributed by atoms with Gasteiger partial charge in [0.2, 0.25) is 11.8 Å². The summed E-state index contributed by atoms with van der Waals surface area (Å²) in [6.45, 7) is 1.86. The van der Waals surface area contributed by atoms with Crippen molar-refractivity contribution in [2.45, 2.75) is 38.6 Å². The molecule has 2 aromatic rings. The summed E-state index contributed by atoms with van der Waals surface area (Å²) in [5, 5.41) is 14.6. The van der Waals surface area contributed by atoms with Crippen molar-refractivity contribution in [3.05, 3.63) is 58.8 Å². The van der Waals surface area contributed by atoms with Gasteiger partial charge in [0.25, 0.3) is 0 Å². The zero-order valence-corrected chi connectivity index (χ0v) is 18.2. The van der Waals surface area contributed by atoms with Crippen LogP contribution in [0.4, 0.5) is 8.78 Å². The van der Waals surface area contributed by atoms with Gasteiger partial charge in [-0.05, 0) is 67.7 Å². The highest BCUT2D eigenvalue weighted by molar-refractivity contribution is 5.82. The van der Waals surface area contributed by atoms with Crippen LogP contribution < -0.4 is 4.74 Å². The zero-order chi connectivity index (χ0) is 23.1. The summed E-state index contributed by atoms with van der Waals surface area (Å²) >= 11 is 0. The van der Waals surface area contributed by atoms with Crippen LogP contribution in [-0.2, 0) is 4.79 Å². The van der Waals surface area contributed by atoms with Crippen molar-refractivity contribution in [2.24, 2.45) is 28.8 Å². The topological polar surface area (TPSA) is 78.6 Å². The Labute approximate surface area is 190 Å². The summed E-state index contributed by atoms with van der Waals surface area (Å²) in [6.07, 6.45) is 6.19. The molecule has 8 heteroatoms. The predicted molar refractivity (Wildman–Crippen MR) is 116 cm³/mol. The fourth-order valence-corrected chi connectivity index (χ4v) is 5.29. The first-order chi connectivity index (χ1) is 15.9. The van der Waals surface area contributed by atoms with Crippen molar-refractivity contribution >= 4 is 12.1 Å². The van der Waals surface area contributed by atoms with Crippen LogP contribution in [0, 0.1) is 53.6 Å². The maximum Gasteiger partial charge on any atom is 0.246 e. The average Bonchev–Trinajstić information content (AvgIpc) is 3.30. The molecule has 33 heavy (non-hydrogen) atoms. The summed E-state index contributed by atoms with van der Waals surface area (Å²) in [4.78, 5) is 17.6. The number of ether oxygens (including phenoxy) is 1. The van der Waals surface area contributed by atoms with E-state index in [0.717, 1.165) is 12.8 Å². The third kappa shape index (κ3) is 3.97. The van der Waals surface area contributed by atoms with Gasteiger partial charge in [0.1, 0.15) is 17.7 Å². The monoisotopic (exact) mass is 450 g/mol. The Morgan fingerprint density at radius 2 is 1.97 bits per heavy atom. The van der Waals surface area contributed by atoms with Gasteiger partial charge in [0, 0.05) is 36.4 Å². The van der Waals surface area contributed by atoms with Gasteiger partial charge in [-0.2, -0.15) is 10.4 Å². The molecule has 170 valence electrons. The molecule has 3 atom stereocenters. The first kappa shape index (κ1) is 21.5. The molecule has 1 aromatic heterocycles. The number of halogens is 2. The number of nitrogens with zero attached hydrogens (tertiary/aromatic N) is 4. The van der Waals surface area contributed by atoms with E-state index in [-0.39, 0.29) is 23.3 Å². The molecule has 1 amide bonds. The van der Waals surface area contributed by atoms with Crippen LogP contribution in [-0.4, -0.2) is 28.7 Å². The number of pyridine rings is 1. The number of hydrogen-bond acceptors (Lipinski definition) is 5. The zero-order valence-electron chi connectivity index (χ0n) is 18.2. The lowest BCUT2D eigenvalue weighted by Gasteiger charge is -2.51. The van der Waals surface area contributed by atoms with Crippen LogP contribution in [0.5, 0.6) is 5.88 Å². The first-order valence-electron chi connectivity index (χ1n) is 11.2. The molecule has 0 saturated heterocycles. The van der Waals surface area contributed by atoms with E-state index in [1.807, 2.05) is 6.07 Å². The fraction of sp³-hybridized carbons (Fsp3) is 0.440. The SMILES string of the molecule is Cc1c(F)cc(C2CC=NN2C(=O)C2C[C@@H](COc3ccc(C#N)cn3)C3CC2C3)cc1F. The minimum absolute atomic E-state index is 0.0251. The number of carbonyl (C=O) groups excluding carboxylic acids is 1. The number of aromatic nitrogens is 1. The third-order valence-electron chi connectivity index (χ3n) is 7.38. The minimum Gasteiger partial charge on any atom is -0.477 e. The lowest BCUT2D eigenvalue weighted by Crippen LogP contribution is -2.50. The molecule has 4 aliphatic rings. The second-order valence-corrected chi connectivity index (χ2v) is 9.24. The second-order valence-electron chi connectivity index (χ2n) is 9.24. The van der Waals surface area contributed by atoms with E-state index in [2.05, 4.69) is 10.1 Å². The van der Waals surface area contributed by atoms with Crippen molar-refractivity contribution in [1.82, 2.24) is 9.99 Å². The molecular formula is C25H24F2N4O2. The number of benzene rings is 1. The Kier molecular flexibility index (Phi) is 5.57. The van der Waals surface area contributed by atoms with Gasteiger partial charge in [-0.3, -0.25) is 4.79 Å². The Morgan fingerprint density at radius 3 is 2.64 bits per heavy atom. The minimum atomic E-state index is -0.613. The smallest absolute Gasteiger partial charge is 0.246 e. The molecule has 2 heterocycles. The molecular weight excluding hydrogens is 426 g/mol. The van der Waals surface area contributed by atoms with E-state index in [9.17, 15) is 13.6 Å². The molecule has 6 nitrogen and oxygen atoms in total. The number of carbonyl (C=O) groups is 1. The summed E-state index contributed by atoms with van der Waals surface area (Å²) < 4.78 is 34.2. The van der Waals surface area contributed by atoms with Crippen LogP contribution >= 0.6 is 0 Å². The van der Waals surface area contributed by atoms with E-state index in [1.165, 1.54) is 30.3 Å². The van der Waals surface area contributed by atoms with E-state index in [0.29, 0.717) is 48.3 Å². The van der Waals surface area contributed by atoms with E-state index >= 15 is 0 Å². The quantitative estimate of drug-likeness (QED) is 0.670. The molecule has 3 fully saturated rings. The van der Waals surface area contributed by atoms with Gasteiger partial charge in [-0.25, -0.2) is 18.8 Å². The lowest BCUT2D eigenvalue weighted by atomic mass is 9.55. The largest absolute Gasteiger partial charge is 0.477 e. The van der Waals surface area contributed by atoms with Crippen LogP contribution in [0.2, 0.25) is 0 Å². The van der Waals surface area contributed by atoms with Crippen LogP contribution in [0.3, 0.4) is 0 Å². The highest BCUT2D eigenvalue weighted by Gasteiger charge is 2.50. The molecule has 0 N–H and O–H groups in total. The normalized spacial score (nSPS) is 27.7. The van der Waals surface area contributed by atoms with E-state index in [4.69, 9.17) is 10.00 Å². The van der Waals surface area contributed by atoms with Crippen molar-refractivity contribution in [3.63, 3.8) is 0 Å². The Morgan fingerprint density at radius 1 is 1.21 bits per heavy atom. The highest BCUT2D eigenvalue weighted by Crippen LogP contribution is 2.53. The number of fused-ring (bicyclic) bond motifs is 2. The van der Waals surface area contributed by atoms with Gasteiger partial charge in [0.15, 0.2) is 0 Å². The van der Waals surface area contributed by atoms with E-state index in [1.54, 1.807) is 18.3 Å². The molecule has 2 unspecified atom stereocenters. The maximum absolute atomic E-state index is 14.1. The summed E-state index contributed by atoms with van der Waals surface area (Å²) in [6, 6.07) is 7.49. The Balaban J connectivity index is 1.27. The highest BCUT2D eigenvalue weighted by atomic mass is 19.1. The van der Waals surface area contributed by atoms with Gasteiger partial charge in [-0.1, -0.05) is 0 Å². The molecule has 2 bridgehead atoms. The van der Waals surface area contributed by atoms with Gasteiger partial charge in [0.05, 0.1) is 18.2 Å². The molecule has 1 aromatic carbocycles. The van der Waals surface area contributed by atoms with Crippen LogP contribution in [0.1, 0.15) is 48.4 Å². The molecule has 0 spiro atoms. The second kappa shape index (κ2) is 8.54. The molecule has 3 aliphatic carbocycles. The van der Waals surface area contributed by atoms with Crippen LogP contribution in [0.15, 0.2) is 35.6 Å². The van der Waals surface area contributed by atoms with Gasteiger partial charge < -0.3 is 4.74 Å². The third-order valence-corrected chi connectivity index (χ3v) is 7.38. The van der Waals surface area contributed by atoms with Crippen molar-refractivity contribution in [1.29, 1.82) is 5.26 Å². The van der Waals surface area contributed by atoms with E-state index < -0.39 is 17.7 Å². The number of amides is 1. The Bertz CT molecular complexity index is 1120. The number of hydrogen-bond donors (Lipinski definition) is 0. The number of nitriles is 1. The standard InChI is InChI=1S/C25H24F2N4O2/c1-14-21(26)9-18(10-22(14)27)23-4-5-30-31(23)25(32)20-8-19(16-6-17(20)7-16)13-33-24-3-2-15(11-28)12-29-24/h2-3,5,9-10,12,16-17,19-20,23H,4,6-8,13H2,1H3/t16?,17?,19-,20?,23?/m0/s1. The fourth-order valence-electron chi connectivity index (χ4n) is 5.29. The van der Waals surface area contributed by atoms with Gasteiger partial charge in [-0.15, -0.1) is 0 Å². The van der Waals surface area contributed by atoms with Crippen LogP contribution in [0.25, 0.3) is 0 Å². The van der Waals surface area contributed by atoms with Crippen molar-refractivity contribution in [2.75, 3.05) is 6.61 Å². The number of rotatable bonds is 5. The van der Waals surface area contributed by atoms with Crippen molar-refractivity contribution < 1.29 is 18.3 Å². The summed E-state index contributed by atoms with van der Waals surface area (Å²) in [7, 11) is 0. The predicted octanol–water partition coefficient (Wildman–Crippen LogP) is 4.54. The number of hydrazone groups is 1. The first-order valence-corrected chi connectivity index (χ1v) is 11.2. The molecule has 6 rings (SSSR count). The molecule has 0 radical (unpaired) electrons. The average molecular weight is 450 g/mol. The lowest BCUT2D eigenvalue weighted by molar-refractivity contribution is -0.148.